The summed E-state index contributed by atoms with van der Waals surface area (Å²) in [5, 5.41) is 0. The second kappa shape index (κ2) is 27.5. The molecule has 0 saturated carbocycles. The van der Waals surface area contributed by atoms with Gasteiger partial charge < -0.3 is 9.13 Å². The minimum Gasteiger partial charge on any atom is -0.357 e. The molecule has 0 aliphatic carbocycles. The smallest absolute Gasteiger partial charge is 0.252 e. The van der Waals surface area contributed by atoms with Crippen LogP contribution in [-0.4, -0.2) is 39.0 Å². The van der Waals surface area contributed by atoms with Crippen LogP contribution < -0.4 is 11.0 Å². The van der Waals surface area contributed by atoms with E-state index < -0.39 is 0 Å². The number of hydrogen-bond acceptors (Lipinski definition) is 8. The molecule has 0 N–H and O–H groups in total. The number of aromatic nitrogens is 8. The number of pyridine rings is 4. The van der Waals surface area contributed by atoms with E-state index in [9.17, 15) is 9.59 Å². The van der Waals surface area contributed by atoms with E-state index in [1.54, 1.807) is 50.4 Å². The summed E-state index contributed by atoms with van der Waals surface area (Å²) in [4.78, 5) is 44.0. The van der Waals surface area contributed by atoms with Gasteiger partial charge in [-0.1, -0.05) is 48.0 Å². The molecule has 264 valence electrons. The number of aryl methyl sites for hydroxylation is 7. The third-order valence-electron chi connectivity index (χ3n) is 5.98. The van der Waals surface area contributed by atoms with Gasteiger partial charge in [-0.25, -0.2) is 15.0 Å². The van der Waals surface area contributed by atoms with Crippen LogP contribution in [-0.2, 0) is 14.1 Å². The molecule has 6 aromatic heterocycles. The molecule has 1 aromatic carbocycles. The molecule has 7 aromatic rings. The normalized spacial score (nSPS) is 8.84. The summed E-state index contributed by atoms with van der Waals surface area (Å²) in [7, 11) is 3.54. The molecule has 0 fully saturated rings. The van der Waals surface area contributed by atoms with Gasteiger partial charge in [-0.15, -0.1) is 0 Å². The van der Waals surface area contributed by atoms with Crippen LogP contribution in [0.1, 0.15) is 28.1 Å². The van der Waals surface area contributed by atoms with E-state index in [0.29, 0.717) is 0 Å². The SMILES string of the molecule is Cc1ccccc1.Cc1ccccn1.Cc1cccnc1.Cc1ccncc1.Cc1ccncn1.Cn1ccc(=O)cc1.Cn1cnccc1=O. The zero-order chi connectivity index (χ0) is 37.5. The lowest BCUT2D eigenvalue weighted by atomic mass is 10.2. The van der Waals surface area contributed by atoms with E-state index in [-0.39, 0.29) is 11.0 Å². The van der Waals surface area contributed by atoms with E-state index in [0.717, 1.165) is 11.4 Å². The van der Waals surface area contributed by atoms with Crippen LogP contribution in [0.4, 0.5) is 0 Å². The van der Waals surface area contributed by atoms with Gasteiger partial charge in [0, 0.05) is 99.5 Å². The van der Waals surface area contributed by atoms with E-state index in [2.05, 4.69) is 49.0 Å². The lowest BCUT2D eigenvalue weighted by Gasteiger charge is -1.89. The van der Waals surface area contributed by atoms with Gasteiger partial charge in [0.25, 0.3) is 5.56 Å². The third-order valence-corrected chi connectivity index (χ3v) is 5.98. The van der Waals surface area contributed by atoms with Crippen molar-refractivity contribution in [3.63, 3.8) is 0 Å². The third kappa shape index (κ3) is 25.3. The molecular weight excluding hydrogens is 637 g/mol. The van der Waals surface area contributed by atoms with Gasteiger partial charge in [0.15, 0.2) is 5.43 Å². The van der Waals surface area contributed by atoms with Crippen molar-refractivity contribution in [2.24, 2.45) is 14.1 Å². The van der Waals surface area contributed by atoms with Crippen LogP contribution in [0.5, 0.6) is 0 Å². The lowest BCUT2D eigenvalue weighted by molar-refractivity contribution is 0.824. The maximum Gasteiger partial charge on any atom is 0.252 e. The molecule has 0 aliphatic heterocycles. The average Bonchev–Trinajstić information content (AvgIpc) is 3.14. The van der Waals surface area contributed by atoms with E-state index >= 15 is 0 Å². The number of nitrogens with zero attached hydrogens (tertiary/aromatic N) is 8. The minimum absolute atomic E-state index is 0.0278. The average molecular weight is 685 g/mol. The Morgan fingerprint density at radius 3 is 1.37 bits per heavy atom. The quantitative estimate of drug-likeness (QED) is 0.166. The summed E-state index contributed by atoms with van der Waals surface area (Å²) in [5.41, 5.74) is 5.90. The second-order valence-electron chi connectivity index (χ2n) is 10.8. The fourth-order valence-electron chi connectivity index (χ4n) is 3.12. The monoisotopic (exact) mass is 684 g/mol. The molecule has 0 spiro atoms. The van der Waals surface area contributed by atoms with Gasteiger partial charge in [-0.2, -0.15) is 0 Å². The highest BCUT2D eigenvalue weighted by molar-refractivity contribution is 5.11. The predicted molar refractivity (Wildman–Crippen MR) is 206 cm³/mol. The van der Waals surface area contributed by atoms with Gasteiger partial charge in [0.2, 0.25) is 0 Å². The van der Waals surface area contributed by atoms with Gasteiger partial charge in [-0.3, -0.25) is 24.5 Å². The summed E-state index contributed by atoms with van der Waals surface area (Å²) in [6.07, 6.45) is 18.6. The summed E-state index contributed by atoms with van der Waals surface area (Å²) in [6.45, 7) is 10.1. The maximum atomic E-state index is 10.5. The van der Waals surface area contributed by atoms with Crippen LogP contribution in [0.3, 0.4) is 0 Å². The van der Waals surface area contributed by atoms with Gasteiger partial charge in [-0.05, 0) is 82.1 Å². The summed E-state index contributed by atoms with van der Waals surface area (Å²) < 4.78 is 3.24. The number of rotatable bonds is 0. The Labute approximate surface area is 301 Å². The highest BCUT2D eigenvalue weighted by Crippen LogP contribution is 1.92. The molecule has 0 amide bonds. The first-order valence-corrected chi connectivity index (χ1v) is 16.0. The summed E-state index contributed by atoms with van der Waals surface area (Å²) >= 11 is 0. The molecule has 51 heavy (non-hydrogen) atoms. The Bertz CT molecular complexity index is 1700. The van der Waals surface area contributed by atoms with Crippen molar-refractivity contribution < 1.29 is 0 Å². The second-order valence-corrected chi connectivity index (χ2v) is 10.8. The highest BCUT2D eigenvalue weighted by Gasteiger charge is 1.81. The van der Waals surface area contributed by atoms with E-state index in [1.807, 2.05) is 112 Å². The summed E-state index contributed by atoms with van der Waals surface area (Å²) in [5.74, 6) is 0. The van der Waals surface area contributed by atoms with Crippen molar-refractivity contribution in [2.75, 3.05) is 0 Å². The van der Waals surface area contributed by atoms with Crippen LogP contribution in [0.15, 0.2) is 175 Å². The first-order chi connectivity index (χ1) is 24.6. The minimum atomic E-state index is -0.0278. The molecule has 0 aliphatic rings. The topological polar surface area (TPSA) is 121 Å². The van der Waals surface area contributed by atoms with Gasteiger partial charge in [0.05, 0.1) is 6.33 Å². The Morgan fingerprint density at radius 1 is 0.471 bits per heavy atom. The van der Waals surface area contributed by atoms with Crippen molar-refractivity contribution in [3.8, 4) is 0 Å². The van der Waals surface area contributed by atoms with Crippen molar-refractivity contribution in [1.82, 2.24) is 39.0 Å². The van der Waals surface area contributed by atoms with E-state index in [1.165, 1.54) is 58.3 Å². The largest absolute Gasteiger partial charge is 0.357 e. The fourth-order valence-corrected chi connectivity index (χ4v) is 3.12. The Morgan fingerprint density at radius 2 is 1.06 bits per heavy atom. The van der Waals surface area contributed by atoms with Crippen LogP contribution in [0.2, 0.25) is 0 Å². The molecule has 0 bridgehead atoms. The molecule has 10 heteroatoms. The lowest BCUT2D eigenvalue weighted by Crippen LogP contribution is -2.13. The van der Waals surface area contributed by atoms with Crippen molar-refractivity contribution in [1.29, 1.82) is 0 Å². The van der Waals surface area contributed by atoms with Crippen molar-refractivity contribution >= 4 is 0 Å². The number of hydrogen-bond donors (Lipinski definition) is 0. The first kappa shape index (κ1) is 42.6. The zero-order valence-corrected chi connectivity index (χ0v) is 30.5. The van der Waals surface area contributed by atoms with E-state index in [4.69, 9.17) is 0 Å². The Hall–Kier alpha value is -6.42. The Kier molecular flexibility index (Phi) is 23.0. The number of benzene rings is 1. The molecule has 10 nitrogen and oxygen atoms in total. The molecule has 6 heterocycles. The first-order valence-electron chi connectivity index (χ1n) is 16.0. The van der Waals surface area contributed by atoms with Crippen molar-refractivity contribution in [3.05, 3.63) is 214 Å². The molecule has 0 radical (unpaired) electrons. The molecule has 0 unspecified atom stereocenters. The van der Waals surface area contributed by atoms with Crippen LogP contribution >= 0.6 is 0 Å². The van der Waals surface area contributed by atoms with Crippen LogP contribution in [0, 0.1) is 34.6 Å². The molecule has 0 atom stereocenters. The highest BCUT2D eigenvalue weighted by atomic mass is 16.1. The van der Waals surface area contributed by atoms with Gasteiger partial charge in [0.1, 0.15) is 6.33 Å². The predicted octanol–water partition coefficient (Wildman–Crippen LogP) is 7.12. The van der Waals surface area contributed by atoms with Crippen LogP contribution in [0.25, 0.3) is 0 Å². The Balaban J connectivity index is 0.000000298. The fraction of sp³-hybridized carbons (Fsp3) is 0.171. The standard InChI is InChI=1S/C7H8.C6H7NO.3C6H7N.C5H6N2O.C5H6N2/c1-7-5-3-2-4-6-7;1-7-4-2-6(8)3-5-7;1-6-2-4-7-5-3-6;1-6-3-2-4-7-5-6;1-6-4-2-3-5-7-6;1-7-4-6-3-2-5(7)8;1-5-2-3-6-4-7-5/h2-6H,1H3;2-5H,1H3;3*2-5H,1H3;2-4H,1H3;2-4H,1H3. The van der Waals surface area contributed by atoms with Gasteiger partial charge >= 0.3 is 0 Å². The maximum absolute atomic E-state index is 10.5. The zero-order valence-electron chi connectivity index (χ0n) is 30.5. The molecule has 7 rings (SSSR count). The summed E-state index contributed by atoms with van der Waals surface area (Å²) in [6, 6.07) is 30.3. The molecular formula is C41H48N8O2. The van der Waals surface area contributed by atoms with Crippen molar-refractivity contribution in [2.45, 2.75) is 34.6 Å². The molecule has 0 saturated heterocycles.